The molecular weight excluding hydrogens is 219 g/mol. The van der Waals surface area contributed by atoms with Crippen LogP contribution in [-0.2, 0) is 4.79 Å². The van der Waals surface area contributed by atoms with E-state index < -0.39 is 12.6 Å². The van der Waals surface area contributed by atoms with Crippen molar-refractivity contribution < 1.29 is 23.4 Å². The zero-order chi connectivity index (χ0) is 11.8. The van der Waals surface area contributed by atoms with Crippen molar-refractivity contribution in [3.8, 4) is 5.75 Å². The predicted octanol–water partition coefficient (Wildman–Crippen LogP) is 0.568. The van der Waals surface area contributed by atoms with E-state index in [9.17, 15) is 8.78 Å². The molecule has 0 spiro atoms. The van der Waals surface area contributed by atoms with Gasteiger partial charge in [-0.3, -0.25) is 4.79 Å². The summed E-state index contributed by atoms with van der Waals surface area (Å²) in [5.74, 6) is -0.644. The van der Waals surface area contributed by atoms with E-state index in [0.717, 1.165) is 6.92 Å². The fourth-order valence-electron chi connectivity index (χ4n) is 0.690. The molecule has 0 aliphatic rings. The number of halogens is 2. The maximum atomic E-state index is 11.7. The fraction of sp³-hybridized carbons (Fsp3) is 0.250. The molecule has 1 N–H and O–H groups in total. The van der Waals surface area contributed by atoms with Gasteiger partial charge in [-0.05, 0) is 0 Å². The van der Waals surface area contributed by atoms with Gasteiger partial charge in [-0.1, -0.05) is 0 Å². The van der Waals surface area contributed by atoms with E-state index in [1.807, 2.05) is 0 Å². The van der Waals surface area contributed by atoms with Gasteiger partial charge in [0.1, 0.15) is 0 Å². The minimum atomic E-state index is -2.76. The van der Waals surface area contributed by atoms with Crippen LogP contribution in [0, 0.1) is 0 Å². The number of rotatable bonds is 2. The molecule has 0 unspecified atom stereocenters. The summed E-state index contributed by atoms with van der Waals surface area (Å²) in [7, 11) is 0. The van der Waals surface area contributed by atoms with Gasteiger partial charge in [0.05, 0.1) is 0 Å². The van der Waals surface area contributed by atoms with Gasteiger partial charge in [0.25, 0.3) is 5.97 Å². The van der Waals surface area contributed by atoms with Crippen LogP contribution in [0.25, 0.3) is 0 Å². The number of alkyl halides is 2. The summed E-state index contributed by atoms with van der Waals surface area (Å²) in [6.07, 6.45) is 1.56. The van der Waals surface area contributed by atoms with Crippen molar-refractivity contribution in [2.24, 2.45) is 0 Å². The Bertz CT molecular complexity index is 319. The number of aliphatic carboxylic acids is 1. The zero-order valence-corrected chi connectivity index (χ0v) is 10.3. The first-order chi connectivity index (χ1) is 6.93. The zero-order valence-electron chi connectivity index (χ0n) is 8.28. The third-order valence-corrected chi connectivity index (χ3v) is 1.93. The van der Waals surface area contributed by atoms with Gasteiger partial charge < -0.3 is 5.11 Å². The summed E-state index contributed by atoms with van der Waals surface area (Å²) < 4.78 is 28.1. The molecule has 0 aliphatic heterocycles. The summed E-state index contributed by atoms with van der Waals surface area (Å²) in [4.78, 5) is 12.8. The topological polar surface area (TPSA) is 59.4 Å². The van der Waals surface area contributed by atoms with Gasteiger partial charge in [-0.2, -0.15) is 0 Å². The van der Waals surface area contributed by atoms with Crippen molar-refractivity contribution in [2.75, 3.05) is 0 Å². The van der Waals surface area contributed by atoms with E-state index in [1.54, 1.807) is 12.3 Å². The molecule has 0 saturated heterocycles. The van der Waals surface area contributed by atoms with E-state index in [2.05, 4.69) is 9.72 Å². The number of ether oxygens (including phenoxy) is 1. The van der Waals surface area contributed by atoms with Gasteiger partial charge in [0, 0.05) is 6.92 Å². The van der Waals surface area contributed by atoms with Crippen LogP contribution in [-0.4, -0.2) is 50.6 Å². The summed E-state index contributed by atoms with van der Waals surface area (Å²) >= 11 is 0.611. The Balaban J connectivity index is 0.000000423. The van der Waals surface area contributed by atoms with Crippen LogP contribution >= 0.6 is 0 Å². The van der Waals surface area contributed by atoms with Crippen molar-refractivity contribution in [1.82, 2.24) is 4.98 Å². The Morgan fingerprint density at radius 3 is 2.60 bits per heavy atom. The number of pyridine rings is 1. The first-order valence-electron chi connectivity index (χ1n) is 3.99. The monoisotopic (exact) mass is 227 g/mol. The molecule has 0 bridgehead atoms. The van der Waals surface area contributed by atoms with Crippen molar-refractivity contribution >= 4 is 36.8 Å². The van der Waals surface area contributed by atoms with Crippen molar-refractivity contribution in [2.45, 2.75) is 13.5 Å². The second-order valence-electron chi connectivity index (χ2n) is 2.48. The Hall–Kier alpha value is -0.720. The van der Waals surface area contributed by atoms with E-state index in [0.29, 0.717) is 30.9 Å². The van der Waals surface area contributed by atoms with Crippen molar-refractivity contribution in [1.29, 1.82) is 0 Å². The molecular formula is C8H8F2NNaO3. The van der Waals surface area contributed by atoms with Crippen LogP contribution in [0.4, 0.5) is 8.78 Å². The fourth-order valence-corrected chi connectivity index (χ4v) is 1.12. The normalized spacial score (nSPS) is 9.20. The second kappa shape index (κ2) is 7.56. The molecule has 0 radical (unpaired) electrons. The molecule has 1 rings (SSSR count). The van der Waals surface area contributed by atoms with E-state index >= 15 is 0 Å². The molecule has 0 saturated carbocycles. The summed E-state index contributed by atoms with van der Waals surface area (Å²) in [5, 5.41) is 7.42. The van der Waals surface area contributed by atoms with Gasteiger partial charge in [-0.15, -0.1) is 0 Å². The summed E-state index contributed by atoms with van der Waals surface area (Å²) in [6, 6.07) is 3.06. The molecule has 0 aliphatic carbocycles. The first-order valence-corrected chi connectivity index (χ1v) is 4.99. The van der Waals surface area contributed by atoms with E-state index in [4.69, 9.17) is 9.90 Å². The number of hydrogen-bond acceptors (Lipinski definition) is 3. The number of hydrogen-bond donors (Lipinski definition) is 1. The van der Waals surface area contributed by atoms with Crippen LogP contribution < -0.4 is 7.68 Å². The third-order valence-electron chi connectivity index (χ3n) is 1.17. The molecule has 0 amide bonds. The number of nitrogens with zero attached hydrogens (tertiary/aromatic N) is 1. The molecule has 1 heterocycles. The summed E-state index contributed by atoms with van der Waals surface area (Å²) in [5.41, 5.74) is 0. The Labute approximate surface area is 103 Å². The Morgan fingerprint density at radius 1 is 1.67 bits per heavy atom. The molecule has 7 heteroatoms. The molecule has 0 aromatic carbocycles. The van der Waals surface area contributed by atoms with Crippen LogP contribution in [0.3, 0.4) is 0 Å². The molecule has 1 aromatic rings. The summed E-state index contributed by atoms with van der Waals surface area (Å²) in [6.45, 7) is -1.67. The maximum absolute atomic E-state index is 11.7. The van der Waals surface area contributed by atoms with Crippen molar-refractivity contribution in [3.05, 3.63) is 18.3 Å². The van der Waals surface area contributed by atoms with Crippen LogP contribution in [0.2, 0.25) is 0 Å². The van der Waals surface area contributed by atoms with Crippen LogP contribution in [0.5, 0.6) is 5.75 Å². The number of carboxylic acid groups (broad SMARTS) is 1. The Kier molecular flexibility index (Phi) is 7.19. The molecule has 0 atom stereocenters. The quantitative estimate of drug-likeness (QED) is 0.750. The third kappa shape index (κ3) is 8.29. The van der Waals surface area contributed by atoms with Crippen molar-refractivity contribution in [3.63, 3.8) is 0 Å². The number of aromatic nitrogens is 1. The van der Waals surface area contributed by atoms with Gasteiger partial charge >= 0.3 is 80.1 Å². The van der Waals surface area contributed by atoms with E-state index in [-0.39, 0.29) is 5.75 Å². The second-order valence-corrected chi connectivity index (χ2v) is 3.43. The average Bonchev–Trinajstić information content (AvgIpc) is 2.07. The molecule has 15 heavy (non-hydrogen) atoms. The predicted molar refractivity (Wildman–Crippen MR) is 49.6 cm³/mol. The SMILES string of the molecule is CC(=O)O.FC(F)Oc1cccn[c]1[Na]. The van der Waals surface area contributed by atoms with Crippen LogP contribution in [0.1, 0.15) is 6.92 Å². The minimum absolute atomic E-state index is 0.189. The van der Waals surface area contributed by atoms with E-state index in [1.165, 1.54) is 6.07 Å². The Morgan fingerprint density at radius 2 is 2.20 bits per heavy atom. The molecule has 78 valence electrons. The van der Waals surface area contributed by atoms with Gasteiger partial charge in [-0.25, -0.2) is 0 Å². The molecule has 0 fully saturated rings. The number of carbonyl (C=O) groups is 1. The number of carboxylic acids is 1. The average molecular weight is 227 g/mol. The molecule has 1 aromatic heterocycles. The van der Waals surface area contributed by atoms with Crippen LogP contribution in [0.15, 0.2) is 18.3 Å². The van der Waals surface area contributed by atoms with Gasteiger partial charge in [0.2, 0.25) is 0 Å². The first kappa shape index (κ1) is 14.3. The molecule has 4 nitrogen and oxygen atoms in total. The standard InChI is InChI=1S/C6H4F2NO.C2H4O2.Na/c7-6(8)10-5-2-1-3-9-4-5;1-2(3)4;/h1-3,6H;1H3,(H,3,4);. The van der Waals surface area contributed by atoms with Gasteiger partial charge in [0.15, 0.2) is 0 Å².